The Morgan fingerprint density at radius 1 is 1.17 bits per heavy atom. The average Bonchev–Trinajstić information content (AvgIpc) is 2.99. The van der Waals surface area contributed by atoms with E-state index in [2.05, 4.69) is 4.72 Å². The maximum absolute atomic E-state index is 12.0. The van der Waals surface area contributed by atoms with Crippen LogP contribution in [0.25, 0.3) is 0 Å². The zero-order chi connectivity index (χ0) is 13.2. The molecular formula is C11H20N2O4S. The molecule has 0 spiro atoms. The van der Waals surface area contributed by atoms with E-state index in [4.69, 9.17) is 0 Å². The predicted molar refractivity (Wildman–Crippen MR) is 66.3 cm³/mol. The molecule has 0 bridgehead atoms. The highest BCUT2D eigenvalue weighted by molar-refractivity contribution is 7.87. The van der Waals surface area contributed by atoms with Crippen molar-refractivity contribution in [2.45, 2.75) is 38.5 Å². The van der Waals surface area contributed by atoms with Gasteiger partial charge < -0.3 is 5.11 Å². The summed E-state index contributed by atoms with van der Waals surface area (Å²) in [4.78, 5) is 11.3. The molecule has 0 aromatic heterocycles. The van der Waals surface area contributed by atoms with Crippen LogP contribution in [0.2, 0.25) is 0 Å². The van der Waals surface area contributed by atoms with Gasteiger partial charge in [0, 0.05) is 19.6 Å². The quantitative estimate of drug-likeness (QED) is 0.768. The number of hydrogen-bond donors (Lipinski definition) is 2. The Labute approximate surface area is 108 Å². The van der Waals surface area contributed by atoms with Crippen molar-refractivity contribution in [2.24, 2.45) is 5.41 Å². The second-order valence-electron chi connectivity index (χ2n) is 5.22. The lowest BCUT2D eigenvalue weighted by Gasteiger charge is -2.25. The number of rotatable bonds is 5. The zero-order valence-electron chi connectivity index (χ0n) is 10.4. The van der Waals surface area contributed by atoms with Gasteiger partial charge in [0.05, 0.1) is 5.41 Å². The molecule has 2 aliphatic rings. The summed E-state index contributed by atoms with van der Waals surface area (Å²) in [6.45, 7) is 1.09. The number of carboxylic acid groups (broad SMARTS) is 1. The Morgan fingerprint density at radius 2 is 1.72 bits per heavy atom. The minimum Gasteiger partial charge on any atom is -0.481 e. The van der Waals surface area contributed by atoms with Crippen molar-refractivity contribution in [1.82, 2.24) is 9.03 Å². The van der Waals surface area contributed by atoms with Crippen LogP contribution in [-0.4, -0.2) is 43.4 Å². The zero-order valence-corrected chi connectivity index (χ0v) is 11.2. The van der Waals surface area contributed by atoms with E-state index in [1.165, 1.54) is 4.31 Å². The molecule has 1 saturated carbocycles. The monoisotopic (exact) mass is 276 g/mol. The van der Waals surface area contributed by atoms with Crippen LogP contribution in [-0.2, 0) is 15.0 Å². The number of carbonyl (C=O) groups is 1. The van der Waals surface area contributed by atoms with Gasteiger partial charge in [-0.15, -0.1) is 0 Å². The van der Waals surface area contributed by atoms with E-state index >= 15 is 0 Å². The van der Waals surface area contributed by atoms with Crippen LogP contribution >= 0.6 is 0 Å². The minimum absolute atomic E-state index is 0.0150. The van der Waals surface area contributed by atoms with Gasteiger partial charge in [-0.05, 0) is 25.7 Å². The van der Waals surface area contributed by atoms with Crippen LogP contribution in [0.3, 0.4) is 0 Å². The predicted octanol–water partition coefficient (Wildman–Crippen LogP) is 0.562. The topological polar surface area (TPSA) is 86.7 Å². The van der Waals surface area contributed by atoms with Gasteiger partial charge in [0.1, 0.15) is 0 Å². The van der Waals surface area contributed by atoms with Crippen molar-refractivity contribution in [3.8, 4) is 0 Å². The molecule has 2 rings (SSSR count). The summed E-state index contributed by atoms with van der Waals surface area (Å²) in [6.07, 6.45) is 4.60. The fourth-order valence-electron chi connectivity index (χ4n) is 2.77. The minimum atomic E-state index is -3.50. The van der Waals surface area contributed by atoms with Gasteiger partial charge in [-0.2, -0.15) is 12.7 Å². The average molecular weight is 276 g/mol. The summed E-state index contributed by atoms with van der Waals surface area (Å²) in [5.41, 5.74) is -0.896. The van der Waals surface area contributed by atoms with E-state index in [1.54, 1.807) is 0 Å². The van der Waals surface area contributed by atoms with Crippen LogP contribution < -0.4 is 4.72 Å². The number of nitrogens with one attached hydrogen (secondary N) is 1. The number of hydrogen-bond acceptors (Lipinski definition) is 3. The third kappa shape index (κ3) is 2.67. The van der Waals surface area contributed by atoms with Gasteiger partial charge in [0.2, 0.25) is 0 Å². The van der Waals surface area contributed by atoms with Gasteiger partial charge in [0.15, 0.2) is 0 Å². The molecule has 0 amide bonds. The van der Waals surface area contributed by atoms with E-state index in [0.29, 0.717) is 25.9 Å². The van der Waals surface area contributed by atoms with Gasteiger partial charge >= 0.3 is 5.97 Å². The highest BCUT2D eigenvalue weighted by Gasteiger charge is 2.42. The van der Waals surface area contributed by atoms with Crippen LogP contribution in [0.1, 0.15) is 38.5 Å². The maximum Gasteiger partial charge on any atom is 0.310 e. The first-order chi connectivity index (χ1) is 8.46. The van der Waals surface area contributed by atoms with Crippen molar-refractivity contribution in [3.05, 3.63) is 0 Å². The summed E-state index contributed by atoms with van der Waals surface area (Å²) in [5, 5.41) is 9.28. The Kier molecular flexibility index (Phi) is 3.93. The third-order valence-corrected chi connectivity index (χ3v) is 5.57. The van der Waals surface area contributed by atoms with Crippen molar-refractivity contribution in [2.75, 3.05) is 19.6 Å². The van der Waals surface area contributed by atoms with Crippen LogP contribution in [0.4, 0.5) is 0 Å². The lowest BCUT2D eigenvalue weighted by atomic mass is 9.87. The summed E-state index contributed by atoms with van der Waals surface area (Å²) < 4.78 is 27.8. The molecule has 1 saturated heterocycles. The normalized spacial score (nSPS) is 24.4. The van der Waals surface area contributed by atoms with E-state index in [9.17, 15) is 18.3 Å². The second kappa shape index (κ2) is 5.14. The van der Waals surface area contributed by atoms with E-state index < -0.39 is 21.6 Å². The molecule has 1 aliphatic heterocycles. The summed E-state index contributed by atoms with van der Waals surface area (Å²) in [7, 11) is -3.50. The molecule has 7 heteroatoms. The fraction of sp³-hybridized carbons (Fsp3) is 0.909. The third-order valence-electron chi connectivity index (χ3n) is 4.01. The maximum atomic E-state index is 12.0. The summed E-state index contributed by atoms with van der Waals surface area (Å²) >= 11 is 0. The van der Waals surface area contributed by atoms with Gasteiger partial charge in [-0.25, -0.2) is 4.72 Å². The SMILES string of the molecule is O=C(O)C1(CNS(=O)(=O)N2CCCC2)CCCC1. The highest BCUT2D eigenvalue weighted by Crippen LogP contribution is 2.38. The first kappa shape index (κ1) is 13.8. The second-order valence-corrected chi connectivity index (χ2v) is 6.98. The van der Waals surface area contributed by atoms with E-state index in [-0.39, 0.29) is 6.54 Å². The molecule has 0 radical (unpaired) electrons. The van der Waals surface area contributed by atoms with Gasteiger partial charge in [-0.1, -0.05) is 12.8 Å². The van der Waals surface area contributed by atoms with Crippen molar-refractivity contribution in [1.29, 1.82) is 0 Å². The molecule has 0 atom stereocenters. The fourth-order valence-corrected chi connectivity index (χ4v) is 4.15. The molecular weight excluding hydrogens is 256 g/mol. The number of aliphatic carboxylic acids is 1. The van der Waals surface area contributed by atoms with Crippen molar-refractivity contribution in [3.63, 3.8) is 0 Å². The molecule has 2 N–H and O–H groups in total. The Balaban J connectivity index is 1.99. The highest BCUT2D eigenvalue weighted by atomic mass is 32.2. The lowest BCUT2D eigenvalue weighted by Crippen LogP contribution is -2.46. The Hall–Kier alpha value is -0.660. The molecule has 104 valence electrons. The summed E-state index contributed by atoms with van der Waals surface area (Å²) in [6, 6.07) is 0. The molecule has 1 heterocycles. The lowest BCUT2D eigenvalue weighted by molar-refractivity contribution is -0.148. The molecule has 0 aromatic carbocycles. The molecule has 2 fully saturated rings. The smallest absolute Gasteiger partial charge is 0.310 e. The van der Waals surface area contributed by atoms with Gasteiger partial charge in [-0.3, -0.25) is 4.79 Å². The Morgan fingerprint density at radius 3 is 2.22 bits per heavy atom. The van der Waals surface area contributed by atoms with E-state index in [1.807, 2.05) is 0 Å². The standard InChI is InChI=1S/C11H20N2O4S/c14-10(15)11(5-1-2-6-11)9-12-18(16,17)13-7-3-4-8-13/h12H,1-9H2,(H,14,15). The largest absolute Gasteiger partial charge is 0.481 e. The van der Waals surface area contributed by atoms with Crippen LogP contribution in [0.5, 0.6) is 0 Å². The first-order valence-corrected chi connectivity index (χ1v) is 7.88. The molecule has 0 aromatic rings. The Bertz CT molecular complexity index is 409. The van der Waals surface area contributed by atoms with Crippen LogP contribution in [0.15, 0.2) is 0 Å². The van der Waals surface area contributed by atoms with Gasteiger partial charge in [0.25, 0.3) is 10.2 Å². The number of nitrogens with zero attached hydrogens (tertiary/aromatic N) is 1. The van der Waals surface area contributed by atoms with Crippen molar-refractivity contribution < 1.29 is 18.3 Å². The molecule has 1 aliphatic carbocycles. The summed E-state index contributed by atoms with van der Waals surface area (Å²) in [5.74, 6) is -0.885. The number of carboxylic acids is 1. The van der Waals surface area contributed by atoms with Crippen molar-refractivity contribution >= 4 is 16.2 Å². The van der Waals surface area contributed by atoms with E-state index in [0.717, 1.165) is 25.7 Å². The first-order valence-electron chi connectivity index (χ1n) is 6.44. The molecule has 18 heavy (non-hydrogen) atoms. The molecule has 0 unspecified atom stereocenters. The molecule has 6 nitrogen and oxygen atoms in total. The van der Waals surface area contributed by atoms with Crippen LogP contribution in [0, 0.1) is 5.41 Å².